The third-order valence-corrected chi connectivity index (χ3v) is 7.38. The molecule has 1 fully saturated rings. The molecule has 2 aromatic rings. The van der Waals surface area contributed by atoms with Gasteiger partial charge in [0, 0.05) is 18.7 Å². The zero-order chi connectivity index (χ0) is 21.4. The summed E-state index contributed by atoms with van der Waals surface area (Å²) in [6.45, 7) is 5.83. The highest BCUT2D eigenvalue weighted by Gasteiger charge is 2.29. The maximum atomic E-state index is 12.9. The first-order valence-corrected chi connectivity index (χ1v) is 11.5. The van der Waals surface area contributed by atoms with Crippen LogP contribution in [0, 0.1) is 0 Å². The smallest absolute Gasteiger partial charge is 0.251 e. The third-order valence-electron chi connectivity index (χ3n) is 5.49. The van der Waals surface area contributed by atoms with Gasteiger partial charge in [0.1, 0.15) is 13.2 Å². The van der Waals surface area contributed by atoms with E-state index in [1.54, 1.807) is 12.1 Å². The van der Waals surface area contributed by atoms with Gasteiger partial charge in [0.25, 0.3) is 5.91 Å². The van der Waals surface area contributed by atoms with Crippen LogP contribution in [0.5, 0.6) is 11.5 Å². The number of carbonyl (C=O) groups is 1. The minimum absolute atomic E-state index is 0.147. The molecule has 0 bridgehead atoms. The quantitative estimate of drug-likeness (QED) is 0.788. The Labute approximate surface area is 177 Å². The van der Waals surface area contributed by atoms with Crippen molar-refractivity contribution in [2.45, 2.75) is 37.1 Å². The van der Waals surface area contributed by atoms with Crippen LogP contribution in [0.1, 0.15) is 42.6 Å². The predicted octanol–water partition coefficient (Wildman–Crippen LogP) is 2.91. The molecule has 0 atom stereocenters. The number of hydrogen-bond donors (Lipinski definition) is 1. The molecule has 0 unspecified atom stereocenters. The van der Waals surface area contributed by atoms with Gasteiger partial charge in [-0.2, -0.15) is 4.31 Å². The highest BCUT2D eigenvalue weighted by atomic mass is 32.2. The highest BCUT2D eigenvalue weighted by molar-refractivity contribution is 7.89. The number of nitrogens with one attached hydrogen (secondary N) is 1. The third kappa shape index (κ3) is 4.02. The van der Waals surface area contributed by atoms with E-state index >= 15 is 0 Å². The largest absolute Gasteiger partial charge is 0.486 e. The lowest BCUT2D eigenvalue weighted by molar-refractivity contribution is 0.0911. The molecule has 160 valence electrons. The fourth-order valence-electron chi connectivity index (χ4n) is 3.74. The maximum Gasteiger partial charge on any atom is 0.251 e. The van der Waals surface area contributed by atoms with E-state index in [1.165, 1.54) is 16.4 Å². The van der Waals surface area contributed by atoms with Gasteiger partial charge in [0.15, 0.2) is 11.5 Å². The normalized spacial score (nSPS) is 17.0. The van der Waals surface area contributed by atoms with E-state index in [0.29, 0.717) is 43.4 Å². The molecule has 1 amide bonds. The molecule has 8 heteroatoms. The van der Waals surface area contributed by atoms with Gasteiger partial charge in [0.2, 0.25) is 10.0 Å². The van der Waals surface area contributed by atoms with Gasteiger partial charge < -0.3 is 14.8 Å². The van der Waals surface area contributed by atoms with Crippen LogP contribution in [0.4, 0.5) is 0 Å². The molecule has 0 spiro atoms. The summed E-state index contributed by atoms with van der Waals surface area (Å²) in [4.78, 5) is 13.1. The number of rotatable bonds is 5. The number of sulfonamides is 1. The first-order valence-electron chi connectivity index (χ1n) is 10.1. The van der Waals surface area contributed by atoms with Crippen molar-refractivity contribution in [1.82, 2.24) is 9.62 Å². The summed E-state index contributed by atoms with van der Waals surface area (Å²) in [5, 5.41) is 3.00. The highest BCUT2D eigenvalue weighted by Crippen LogP contribution is 2.34. The fraction of sp³-hybridized carbons (Fsp3) is 0.409. The van der Waals surface area contributed by atoms with Gasteiger partial charge >= 0.3 is 0 Å². The number of hydrogen-bond acceptors (Lipinski definition) is 5. The lowest BCUT2D eigenvalue weighted by Crippen LogP contribution is -2.41. The number of ether oxygens (including phenoxy) is 2. The number of nitrogens with zero attached hydrogens (tertiary/aromatic N) is 1. The molecular weight excluding hydrogens is 404 g/mol. The van der Waals surface area contributed by atoms with Crippen molar-refractivity contribution in [1.29, 1.82) is 0 Å². The molecule has 1 N–H and O–H groups in total. The molecule has 4 rings (SSSR count). The van der Waals surface area contributed by atoms with Gasteiger partial charge in [0.05, 0.1) is 10.4 Å². The minimum atomic E-state index is -3.58. The van der Waals surface area contributed by atoms with Gasteiger partial charge in [-0.1, -0.05) is 12.1 Å². The van der Waals surface area contributed by atoms with Crippen LogP contribution in [-0.4, -0.2) is 44.9 Å². The summed E-state index contributed by atoms with van der Waals surface area (Å²) in [5.41, 5.74) is 0.471. The van der Waals surface area contributed by atoms with Crippen LogP contribution in [0.2, 0.25) is 0 Å². The van der Waals surface area contributed by atoms with Crippen molar-refractivity contribution in [2.75, 3.05) is 26.3 Å². The van der Waals surface area contributed by atoms with Crippen LogP contribution in [0.25, 0.3) is 0 Å². The number of fused-ring (bicyclic) bond motifs is 1. The molecule has 2 heterocycles. The molecule has 0 saturated carbocycles. The zero-order valence-corrected chi connectivity index (χ0v) is 18.0. The Morgan fingerprint density at radius 3 is 2.43 bits per heavy atom. The zero-order valence-electron chi connectivity index (χ0n) is 17.2. The molecule has 0 aliphatic carbocycles. The Kier molecular flexibility index (Phi) is 5.46. The Bertz CT molecular complexity index is 1060. The van der Waals surface area contributed by atoms with Gasteiger partial charge in [-0.25, -0.2) is 8.42 Å². The van der Waals surface area contributed by atoms with Crippen LogP contribution >= 0.6 is 0 Å². The topological polar surface area (TPSA) is 84.9 Å². The van der Waals surface area contributed by atoms with Crippen LogP contribution < -0.4 is 14.8 Å². The van der Waals surface area contributed by atoms with Crippen molar-refractivity contribution in [3.63, 3.8) is 0 Å². The Hall–Kier alpha value is -2.58. The molecule has 1 saturated heterocycles. The lowest BCUT2D eigenvalue weighted by Gasteiger charge is -2.29. The average Bonchev–Trinajstić information content (AvgIpc) is 3.29. The Morgan fingerprint density at radius 2 is 1.70 bits per heavy atom. The van der Waals surface area contributed by atoms with E-state index in [0.717, 1.165) is 18.4 Å². The second kappa shape index (κ2) is 7.92. The molecule has 7 nitrogen and oxygen atoms in total. The average molecular weight is 431 g/mol. The van der Waals surface area contributed by atoms with Crippen molar-refractivity contribution < 1.29 is 22.7 Å². The van der Waals surface area contributed by atoms with Crippen molar-refractivity contribution in [2.24, 2.45) is 0 Å². The van der Waals surface area contributed by atoms with Crippen molar-refractivity contribution >= 4 is 15.9 Å². The molecule has 2 aliphatic heterocycles. The van der Waals surface area contributed by atoms with E-state index in [9.17, 15) is 13.2 Å². The second-order valence-electron chi connectivity index (χ2n) is 8.08. The second-order valence-corrected chi connectivity index (χ2v) is 10.0. The van der Waals surface area contributed by atoms with E-state index in [-0.39, 0.29) is 10.8 Å². The Morgan fingerprint density at radius 1 is 1.00 bits per heavy atom. The minimum Gasteiger partial charge on any atom is -0.486 e. The summed E-state index contributed by atoms with van der Waals surface area (Å²) in [5.74, 6) is 1.00. The summed E-state index contributed by atoms with van der Waals surface area (Å²) in [7, 11) is -3.58. The number of carbonyl (C=O) groups excluding carboxylic acids is 1. The van der Waals surface area contributed by atoms with E-state index in [2.05, 4.69) is 5.32 Å². The van der Waals surface area contributed by atoms with Crippen LogP contribution in [-0.2, 0) is 15.6 Å². The molecular formula is C22H26N2O5S. The lowest BCUT2D eigenvalue weighted by atomic mass is 9.93. The molecule has 2 aromatic carbocycles. The van der Waals surface area contributed by atoms with E-state index in [4.69, 9.17) is 9.47 Å². The summed E-state index contributed by atoms with van der Waals surface area (Å²) < 4.78 is 38.3. The summed E-state index contributed by atoms with van der Waals surface area (Å²) in [6.07, 6.45) is 1.73. The van der Waals surface area contributed by atoms with Crippen molar-refractivity contribution in [3.8, 4) is 11.5 Å². The summed E-state index contributed by atoms with van der Waals surface area (Å²) >= 11 is 0. The van der Waals surface area contributed by atoms with Gasteiger partial charge in [-0.15, -0.1) is 0 Å². The monoisotopic (exact) mass is 430 g/mol. The van der Waals surface area contributed by atoms with Crippen molar-refractivity contribution in [3.05, 3.63) is 53.6 Å². The predicted molar refractivity (Wildman–Crippen MR) is 112 cm³/mol. The first kappa shape index (κ1) is 20.7. The van der Waals surface area contributed by atoms with E-state index < -0.39 is 15.6 Å². The van der Waals surface area contributed by atoms with Crippen LogP contribution in [0.3, 0.4) is 0 Å². The summed E-state index contributed by atoms with van der Waals surface area (Å²) in [6, 6.07) is 11.8. The maximum absolute atomic E-state index is 12.9. The molecule has 0 aromatic heterocycles. The van der Waals surface area contributed by atoms with Crippen LogP contribution in [0.15, 0.2) is 47.4 Å². The fourth-order valence-corrected chi connectivity index (χ4v) is 5.30. The first-order chi connectivity index (χ1) is 14.3. The molecule has 0 radical (unpaired) electrons. The SMILES string of the molecule is CC(C)(NC(=O)c1cccc(S(=O)(=O)N2CCCC2)c1)c1ccc2c(c1)OCCO2. The van der Waals surface area contributed by atoms with E-state index in [1.807, 2.05) is 32.0 Å². The Balaban J connectivity index is 1.55. The standard InChI is InChI=1S/C22H26N2O5S/c1-22(2,17-8-9-19-20(15-17)29-13-12-28-19)23-21(25)16-6-5-7-18(14-16)30(26,27)24-10-3-4-11-24/h5-9,14-15H,3-4,10-13H2,1-2H3,(H,23,25). The molecule has 30 heavy (non-hydrogen) atoms. The van der Waals surface area contributed by atoms with Gasteiger partial charge in [-0.3, -0.25) is 4.79 Å². The molecule has 2 aliphatic rings. The van der Waals surface area contributed by atoms with Gasteiger partial charge in [-0.05, 0) is 62.6 Å². The number of amides is 1. The number of benzene rings is 2.